The van der Waals surface area contributed by atoms with Gasteiger partial charge in [-0.2, -0.15) is 0 Å². The number of hydrogen-bond acceptors (Lipinski definition) is 2. The van der Waals surface area contributed by atoms with Crippen molar-refractivity contribution in [3.05, 3.63) is 65.2 Å². The molecular formula is C14H11F2NO. The number of Topliss-reactive ketones (excluding diaryl/α,β-unsaturated/α-hetero) is 1. The fourth-order valence-corrected chi connectivity index (χ4v) is 1.65. The highest BCUT2D eigenvalue weighted by Gasteiger charge is 2.12. The summed E-state index contributed by atoms with van der Waals surface area (Å²) in [7, 11) is 0. The quantitative estimate of drug-likeness (QED) is 0.669. The van der Waals surface area contributed by atoms with Crippen LogP contribution in [0, 0.1) is 11.6 Å². The summed E-state index contributed by atoms with van der Waals surface area (Å²) in [5.74, 6) is -1.81. The molecule has 0 fully saturated rings. The third-order valence-corrected chi connectivity index (χ3v) is 2.61. The Hall–Kier alpha value is -2.23. The fourth-order valence-electron chi connectivity index (χ4n) is 1.65. The number of nitrogen functional groups attached to an aromatic ring is 1. The molecule has 0 saturated heterocycles. The van der Waals surface area contributed by atoms with E-state index in [1.807, 2.05) is 0 Å². The lowest BCUT2D eigenvalue weighted by molar-refractivity contribution is 0.0992. The number of ketones is 1. The van der Waals surface area contributed by atoms with E-state index < -0.39 is 11.6 Å². The van der Waals surface area contributed by atoms with E-state index in [1.165, 1.54) is 0 Å². The average molecular weight is 247 g/mol. The largest absolute Gasteiger partial charge is 0.396 e. The maximum atomic E-state index is 13.5. The molecule has 0 unspecified atom stereocenters. The van der Waals surface area contributed by atoms with E-state index >= 15 is 0 Å². The highest BCUT2D eigenvalue weighted by molar-refractivity contribution is 5.97. The minimum atomic E-state index is -0.816. The lowest BCUT2D eigenvalue weighted by Gasteiger charge is -2.05. The van der Waals surface area contributed by atoms with Crippen LogP contribution in [-0.2, 0) is 6.42 Å². The predicted octanol–water partition coefficient (Wildman–Crippen LogP) is 2.97. The molecule has 0 atom stereocenters. The van der Waals surface area contributed by atoms with Crippen LogP contribution in [0.25, 0.3) is 0 Å². The summed E-state index contributed by atoms with van der Waals surface area (Å²) in [5.41, 5.74) is 5.78. The van der Waals surface area contributed by atoms with Crippen molar-refractivity contribution in [3.8, 4) is 0 Å². The van der Waals surface area contributed by atoms with Crippen molar-refractivity contribution in [2.24, 2.45) is 0 Å². The zero-order chi connectivity index (χ0) is 13.1. The van der Waals surface area contributed by atoms with Crippen LogP contribution in [0.3, 0.4) is 0 Å². The Morgan fingerprint density at radius 1 is 1.06 bits per heavy atom. The van der Waals surface area contributed by atoms with Gasteiger partial charge < -0.3 is 5.73 Å². The van der Waals surface area contributed by atoms with Crippen molar-refractivity contribution < 1.29 is 13.6 Å². The third kappa shape index (κ3) is 2.53. The second kappa shape index (κ2) is 4.96. The van der Waals surface area contributed by atoms with Gasteiger partial charge in [0.15, 0.2) is 5.78 Å². The predicted molar refractivity (Wildman–Crippen MR) is 65.2 cm³/mol. The van der Waals surface area contributed by atoms with Crippen LogP contribution in [-0.4, -0.2) is 5.78 Å². The highest BCUT2D eigenvalue weighted by Crippen LogP contribution is 2.18. The minimum absolute atomic E-state index is 0.0998. The molecule has 92 valence electrons. The van der Waals surface area contributed by atoms with Crippen molar-refractivity contribution in [3.63, 3.8) is 0 Å². The first-order chi connectivity index (χ1) is 8.58. The number of nitrogens with two attached hydrogens (primary N) is 1. The average Bonchev–Trinajstić information content (AvgIpc) is 2.37. The molecule has 18 heavy (non-hydrogen) atoms. The molecular weight excluding hydrogens is 236 g/mol. The molecule has 0 aromatic heterocycles. The van der Waals surface area contributed by atoms with Gasteiger partial charge >= 0.3 is 0 Å². The SMILES string of the molecule is Nc1cc(CC(=O)c2ccccc2)c(F)cc1F. The number of anilines is 1. The van der Waals surface area contributed by atoms with Crippen LogP contribution in [0.4, 0.5) is 14.5 Å². The van der Waals surface area contributed by atoms with E-state index in [2.05, 4.69) is 0 Å². The first-order valence-electron chi connectivity index (χ1n) is 5.39. The molecule has 0 spiro atoms. The van der Waals surface area contributed by atoms with Gasteiger partial charge in [-0.05, 0) is 11.6 Å². The second-order valence-corrected chi connectivity index (χ2v) is 3.93. The van der Waals surface area contributed by atoms with Crippen LogP contribution in [0.5, 0.6) is 0 Å². The van der Waals surface area contributed by atoms with E-state index in [4.69, 9.17) is 5.73 Å². The van der Waals surface area contributed by atoms with Crippen molar-refractivity contribution in [2.75, 3.05) is 5.73 Å². The van der Waals surface area contributed by atoms with Gasteiger partial charge in [-0.25, -0.2) is 8.78 Å². The highest BCUT2D eigenvalue weighted by atomic mass is 19.1. The molecule has 0 heterocycles. The molecule has 2 aromatic rings. The fraction of sp³-hybridized carbons (Fsp3) is 0.0714. The van der Waals surface area contributed by atoms with Gasteiger partial charge in [0, 0.05) is 18.1 Å². The molecule has 0 aliphatic rings. The summed E-state index contributed by atoms with van der Waals surface area (Å²) < 4.78 is 26.4. The lowest BCUT2D eigenvalue weighted by atomic mass is 10.0. The number of benzene rings is 2. The van der Waals surface area contributed by atoms with E-state index in [-0.39, 0.29) is 23.5 Å². The zero-order valence-electron chi connectivity index (χ0n) is 9.49. The van der Waals surface area contributed by atoms with Gasteiger partial charge in [0.2, 0.25) is 0 Å². The maximum Gasteiger partial charge on any atom is 0.167 e. The summed E-state index contributed by atoms with van der Waals surface area (Å²) >= 11 is 0. The minimum Gasteiger partial charge on any atom is -0.396 e. The molecule has 0 aliphatic heterocycles. The number of hydrogen-bond donors (Lipinski definition) is 1. The van der Waals surface area contributed by atoms with Gasteiger partial charge in [-0.1, -0.05) is 30.3 Å². The maximum absolute atomic E-state index is 13.5. The Kier molecular flexibility index (Phi) is 3.37. The zero-order valence-corrected chi connectivity index (χ0v) is 9.49. The standard InChI is InChI=1S/C14H11F2NO/c15-11-8-12(16)13(17)6-10(11)7-14(18)9-4-2-1-3-5-9/h1-6,8H,7,17H2. The van der Waals surface area contributed by atoms with Crippen molar-refractivity contribution >= 4 is 11.5 Å². The van der Waals surface area contributed by atoms with Gasteiger partial charge in [-0.15, -0.1) is 0 Å². The summed E-state index contributed by atoms with van der Waals surface area (Å²) in [6, 6.07) is 10.4. The van der Waals surface area contributed by atoms with Crippen molar-refractivity contribution in [2.45, 2.75) is 6.42 Å². The van der Waals surface area contributed by atoms with Gasteiger partial charge in [0.25, 0.3) is 0 Å². The molecule has 0 aliphatic carbocycles. The second-order valence-electron chi connectivity index (χ2n) is 3.93. The van der Waals surface area contributed by atoms with E-state index in [1.54, 1.807) is 30.3 Å². The Morgan fingerprint density at radius 3 is 2.39 bits per heavy atom. The van der Waals surface area contributed by atoms with Crippen molar-refractivity contribution in [1.82, 2.24) is 0 Å². The number of halogens is 2. The molecule has 0 saturated carbocycles. The first-order valence-corrected chi connectivity index (χ1v) is 5.39. The van der Waals surface area contributed by atoms with Gasteiger partial charge in [-0.3, -0.25) is 4.79 Å². The Bertz CT molecular complexity index is 582. The molecule has 2 aromatic carbocycles. The number of rotatable bonds is 3. The molecule has 0 bridgehead atoms. The third-order valence-electron chi connectivity index (χ3n) is 2.61. The number of carbonyl (C=O) groups is 1. The van der Waals surface area contributed by atoms with Gasteiger partial charge in [0.1, 0.15) is 11.6 Å². The van der Waals surface area contributed by atoms with Crippen LogP contribution in [0.15, 0.2) is 42.5 Å². The molecule has 0 radical (unpaired) electrons. The lowest BCUT2D eigenvalue weighted by Crippen LogP contribution is -2.06. The molecule has 2 rings (SSSR count). The van der Waals surface area contributed by atoms with Gasteiger partial charge in [0.05, 0.1) is 5.69 Å². The van der Waals surface area contributed by atoms with Crippen LogP contribution in [0.2, 0.25) is 0 Å². The summed E-state index contributed by atoms with van der Waals surface area (Å²) in [4.78, 5) is 11.9. The first kappa shape index (κ1) is 12.2. The van der Waals surface area contributed by atoms with Crippen molar-refractivity contribution in [1.29, 1.82) is 0 Å². The van der Waals surface area contributed by atoms with Crippen LogP contribution < -0.4 is 5.73 Å². The monoisotopic (exact) mass is 247 g/mol. The van der Waals surface area contributed by atoms with Crippen LogP contribution in [0.1, 0.15) is 15.9 Å². The molecule has 2 nitrogen and oxygen atoms in total. The van der Waals surface area contributed by atoms with Crippen LogP contribution >= 0.6 is 0 Å². The Balaban J connectivity index is 2.25. The molecule has 0 amide bonds. The summed E-state index contributed by atoms with van der Waals surface area (Å²) in [6.45, 7) is 0. The summed E-state index contributed by atoms with van der Waals surface area (Å²) in [5, 5.41) is 0. The topological polar surface area (TPSA) is 43.1 Å². The number of carbonyl (C=O) groups excluding carboxylic acids is 1. The van der Waals surface area contributed by atoms with E-state index in [0.717, 1.165) is 6.07 Å². The van der Waals surface area contributed by atoms with E-state index in [0.29, 0.717) is 11.6 Å². The van der Waals surface area contributed by atoms with E-state index in [9.17, 15) is 13.6 Å². The molecule has 2 N–H and O–H groups in total. The normalized spacial score (nSPS) is 10.3. The Labute approximate surface area is 103 Å². The summed E-state index contributed by atoms with van der Waals surface area (Å²) in [6.07, 6.45) is -0.139. The Morgan fingerprint density at radius 2 is 1.72 bits per heavy atom. The smallest absolute Gasteiger partial charge is 0.167 e. The molecule has 4 heteroatoms.